The molecule has 1 aliphatic heterocycles. The summed E-state index contributed by atoms with van der Waals surface area (Å²) in [6.45, 7) is 4.75. The van der Waals surface area contributed by atoms with Crippen molar-refractivity contribution < 1.29 is 9.53 Å². The third kappa shape index (κ3) is 1.92. The number of hydrogen-bond donors (Lipinski definition) is 0. The van der Waals surface area contributed by atoms with Gasteiger partial charge >= 0.3 is 5.97 Å². The maximum atomic E-state index is 12.1. The third-order valence-electron chi connectivity index (χ3n) is 5.89. The zero-order valence-electron chi connectivity index (χ0n) is 11.3. The molecule has 3 fully saturated rings. The van der Waals surface area contributed by atoms with Gasteiger partial charge in [-0.25, -0.2) is 0 Å². The molecule has 102 valence electrons. The lowest BCUT2D eigenvalue weighted by atomic mass is 9.76. The van der Waals surface area contributed by atoms with Crippen molar-refractivity contribution >= 4 is 28.6 Å². The Balaban J connectivity index is 1.81. The van der Waals surface area contributed by atoms with Crippen LogP contribution in [0.3, 0.4) is 0 Å². The number of carbonyl (C=O) groups excluding carboxylic acids is 1. The Hall–Kier alpha value is 0.200. The molecule has 3 aliphatic rings. The van der Waals surface area contributed by atoms with E-state index in [1.54, 1.807) is 0 Å². The summed E-state index contributed by atoms with van der Waals surface area (Å²) in [5, 5.41) is 0. The number of cyclic esters (lactones) is 1. The molecule has 2 aliphatic carbocycles. The first-order valence-electron chi connectivity index (χ1n) is 7.42. The summed E-state index contributed by atoms with van der Waals surface area (Å²) < 4.78 is 6.51. The van der Waals surface area contributed by atoms with E-state index in [0.29, 0.717) is 5.92 Å². The van der Waals surface area contributed by atoms with Crippen molar-refractivity contribution in [3.63, 3.8) is 0 Å². The first-order chi connectivity index (χ1) is 8.65. The molecule has 7 atom stereocenters. The van der Waals surface area contributed by atoms with Crippen molar-refractivity contribution in [1.82, 2.24) is 0 Å². The van der Waals surface area contributed by atoms with Gasteiger partial charge in [0.05, 0.1) is 5.92 Å². The van der Waals surface area contributed by atoms with E-state index in [9.17, 15) is 4.79 Å². The highest BCUT2D eigenvalue weighted by atomic mass is 127. The molecule has 2 saturated carbocycles. The topological polar surface area (TPSA) is 26.3 Å². The molecule has 1 unspecified atom stereocenters. The minimum Gasteiger partial charge on any atom is -0.461 e. The SMILES string of the molecule is CC[C@@H]1C[C@@H]2C[C@H]3C(=O)O[C@H](CI)C[C@H]3C2[C@H]1C. The number of esters is 1. The molecule has 0 aromatic rings. The minimum atomic E-state index is 0.113. The van der Waals surface area contributed by atoms with Crippen molar-refractivity contribution in [2.45, 2.75) is 45.6 Å². The number of alkyl halides is 1. The number of halogens is 1. The summed E-state index contributed by atoms with van der Waals surface area (Å²) >= 11 is 2.35. The predicted octanol–water partition coefficient (Wildman–Crippen LogP) is 3.67. The van der Waals surface area contributed by atoms with Crippen LogP contribution in [0.1, 0.15) is 39.5 Å². The minimum absolute atomic E-state index is 0.113. The Morgan fingerprint density at radius 1 is 1.33 bits per heavy atom. The first kappa shape index (κ1) is 13.2. The molecule has 1 saturated heterocycles. The average Bonchev–Trinajstić information content (AvgIpc) is 2.87. The van der Waals surface area contributed by atoms with E-state index in [1.165, 1.54) is 12.8 Å². The van der Waals surface area contributed by atoms with Crippen LogP contribution >= 0.6 is 22.6 Å². The summed E-state index contributed by atoms with van der Waals surface area (Å²) in [5.41, 5.74) is 0. The number of rotatable bonds is 2. The maximum absolute atomic E-state index is 12.1. The normalized spacial score (nSPS) is 50.8. The summed E-state index contributed by atoms with van der Waals surface area (Å²) in [7, 11) is 0. The van der Waals surface area contributed by atoms with Gasteiger partial charge in [-0.1, -0.05) is 42.9 Å². The van der Waals surface area contributed by atoms with E-state index in [2.05, 4.69) is 36.4 Å². The highest BCUT2D eigenvalue weighted by Crippen LogP contribution is 2.58. The molecule has 0 amide bonds. The molecule has 0 bridgehead atoms. The third-order valence-corrected chi connectivity index (χ3v) is 6.87. The van der Waals surface area contributed by atoms with Gasteiger partial charge in [-0.15, -0.1) is 0 Å². The predicted molar refractivity (Wildman–Crippen MR) is 79.5 cm³/mol. The van der Waals surface area contributed by atoms with Gasteiger partial charge in [0.25, 0.3) is 0 Å². The van der Waals surface area contributed by atoms with Gasteiger partial charge in [0.15, 0.2) is 0 Å². The second kappa shape index (κ2) is 4.95. The molecule has 0 aromatic heterocycles. The van der Waals surface area contributed by atoms with E-state index >= 15 is 0 Å². The smallest absolute Gasteiger partial charge is 0.309 e. The Labute approximate surface area is 123 Å². The Morgan fingerprint density at radius 2 is 2.11 bits per heavy atom. The molecule has 3 rings (SSSR count). The zero-order chi connectivity index (χ0) is 12.9. The van der Waals surface area contributed by atoms with Crippen molar-refractivity contribution in [1.29, 1.82) is 0 Å². The first-order valence-corrected chi connectivity index (χ1v) is 8.94. The van der Waals surface area contributed by atoms with Crippen LogP contribution in [0.5, 0.6) is 0 Å². The molecular weight excluding hydrogens is 339 g/mol. The molecule has 3 heteroatoms. The quantitative estimate of drug-likeness (QED) is 0.426. The van der Waals surface area contributed by atoms with E-state index < -0.39 is 0 Å². The Kier molecular flexibility index (Phi) is 3.63. The van der Waals surface area contributed by atoms with Crippen molar-refractivity contribution in [3.05, 3.63) is 0 Å². The molecule has 0 spiro atoms. The monoisotopic (exact) mass is 362 g/mol. The molecule has 1 heterocycles. The lowest BCUT2D eigenvalue weighted by Gasteiger charge is -2.35. The van der Waals surface area contributed by atoms with Crippen molar-refractivity contribution in [3.8, 4) is 0 Å². The van der Waals surface area contributed by atoms with E-state index in [0.717, 1.165) is 40.9 Å². The van der Waals surface area contributed by atoms with E-state index in [1.807, 2.05) is 0 Å². The van der Waals surface area contributed by atoms with Gasteiger partial charge in [-0.2, -0.15) is 0 Å². The number of hydrogen-bond acceptors (Lipinski definition) is 2. The average molecular weight is 362 g/mol. The van der Waals surface area contributed by atoms with Crippen LogP contribution in [-0.2, 0) is 9.53 Å². The van der Waals surface area contributed by atoms with Crippen LogP contribution < -0.4 is 0 Å². The van der Waals surface area contributed by atoms with Gasteiger partial charge < -0.3 is 4.74 Å². The highest BCUT2D eigenvalue weighted by molar-refractivity contribution is 14.1. The summed E-state index contributed by atoms with van der Waals surface area (Å²) in [4.78, 5) is 12.1. The van der Waals surface area contributed by atoms with Gasteiger partial charge in [-0.05, 0) is 48.9 Å². The Morgan fingerprint density at radius 3 is 2.78 bits per heavy atom. The van der Waals surface area contributed by atoms with Crippen LogP contribution in [0, 0.1) is 35.5 Å². The summed E-state index contributed by atoms with van der Waals surface area (Å²) in [6.07, 6.45) is 5.10. The van der Waals surface area contributed by atoms with Crippen LogP contribution in [0.4, 0.5) is 0 Å². The highest BCUT2D eigenvalue weighted by Gasteiger charge is 2.56. The van der Waals surface area contributed by atoms with Crippen LogP contribution in [0.25, 0.3) is 0 Å². The standard InChI is InChI=1S/C15H23IO2/c1-3-9-4-10-5-13-12(14(10)8(9)2)6-11(7-16)18-15(13)17/h8-14H,3-7H2,1-2H3/t8-,9+,10+,11-,12+,13+,14?/m0/s1. The fraction of sp³-hybridized carbons (Fsp3) is 0.933. The van der Waals surface area contributed by atoms with Gasteiger partial charge in [0.1, 0.15) is 6.10 Å². The fourth-order valence-corrected chi connectivity index (χ4v) is 5.63. The number of fused-ring (bicyclic) bond motifs is 3. The van der Waals surface area contributed by atoms with Crippen LogP contribution in [0.15, 0.2) is 0 Å². The molecule has 0 radical (unpaired) electrons. The summed E-state index contributed by atoms with van der Waals surface area (Å²) in [6, 6.07) is 0. The lowest BCUT2D eigenvalue weighted by molar-refractivity contribution is -0.162. The number of carbonyl (C=O) groups is 1. The van der Waals surface area contributed by atoms with Crippen LogP contribution in [-0.4, -0.2) is 16.5 Å². The maximum Gasteiger partial charge on any atom is 0.309 e. The molecule has 2 nitrogen and oxygen atoms in total. The molecule has 0 aromatic carbocycles. The van der Waals surface area contributed by atoms with Gasteiger partial charge in [-0.3, -0.25) is 4.79 Å². The fourth-order valence-electron chi connectivity index (χ4n) is 5.09. The van der Waals surface area contributed by atoms with Crippen molar-refractivity contribution in [2.24, 2.45) is 35.5 Å². The van der Waals surface area contributed by atoms with E-state index in [-0.39, 0.29) is 18.0 Å². The molecule has 18 heavy (non-hydrogen) atoms. The Bertz CT molecular complexity index is 343. The van der Waals surface area contributed by atoms with Gasteiger partial charge in [0.2, 0.25) is 0 Å². The second-order valence-electron chi connectivity index (χ2n) is 6.56. The zero-order valence-corrected chi connectivity index (χ0v) is 13.4. The van der Waals surface area contributed by atoms with Gasteiger partial charge in [0, 0.05) is 4.43 Å². The summed E-state index contributed by atoms with van der Waals surface area (Å²) in [5.74, 6) is 4.30. The molecular formula is C15H23IO2. The van der Waals surface area contributed by atoms with Crippen LogP contribution in [0.2, 0.25) is 0 Å². The van der Waals surface area contributed by atoms with Crippen molar-refractivity contribution in [2.75, 3.05) is 4.43 Å². The second-order valence-corrected chi connectivity index (χ2v) is 7.44. The largest absolute Gasteiger partial charge is 0.461 e. The lowest BCUT2D eigenvalue weighted by Crippen LogP contribution is -2.39. The number of ether oxygens (including phenoxy) is 1. The van der Waals surface area contributed by atoms with E-state index in [4.69, 9.17) is 4.74 Å². The molecule has 0 N–H and O–H groups in total.